The van der Waals surface area contributed by atoms with Gasteiger partial charge in [-0.25, -0.2) is 9.97 Å². The molecule has 1 aromatic carbocycles. The van der Waals surface area contributed by atoms with Gasteiger partial charge in [-0.2, -0.15) is 0 Å². The number of aromatic nitrogens is 6. The van der Waals surface area contributed by atoms with E-state index in [2.05, 4.69) is 43.7 Å². The molecule has 3 heterocycles. The zero-order chi connectivity index (χ0) is 26.4. The summed E-state index contributed by atoms with van der Waals surface area (Å²) < 4.78 is 27.0. The zero-order valence-electron chi connectivity index (χ0n) is 21.5. The molecule has 0 aliphatic carbocycles. The Hall–Kier alpha value is -4.06. The van der Waals surface area contributed by atoms with E-state index in [1.807, 2.05) is 34.9 Å². The van der Waals surface area contributed by atoms with E-state index in [9.17, 15) is 0 Å². The Morgan fingerprint density at radius 2 is 1.51 bits per heavy atom. The molecule has 0 bridgehead atoms. The molecule has 3 aromatic heterocycles. The highest BCUT2D eigenvalue weighted by Gasteiger charge is 2.25. The number of methoxy groups -OCH3 is 4. The van der Waals surface area contributed by atoms with E-state index < -0.39 is 0 Å². The molecule has 0 aliphatic heterocycles. The van der Waals surface area contributed by atoms with Gasteiger partial charge in [0, 0.05) is 17.2 Å². The molecule has 194 valence electrons. The van der Waals surface area contributed by atoms with E-state index in [-0.39, 0.29) is 11.2 Å². The normalized spacial score (nSPS) is 12.5. The Morgan fingerprint density at radius 3 is 2.14 bits per heavy atom. The van der Waals surface area contributed by atoms with E-state index in [0.717, 1.165) is 5.69 Å². The number of hydrogen-bond donors (Lipinski definition) is 1. The maximum Gasteiger partial charge on any atom is 0.239 e. The van der Waals surface area contributed by atoms with Crippen LogP contribution in [0, 0.1) is 0 Å². The van der Waals surface area contributed by atoms with Crippen molar-refractivity contribution < 1.29 is 18.9 Å². The van der Waals surface area contributed by atoms with E-state index in [1.165, 1.54) is 11.9 Å². The highest BCUT2D eigenvalue weighted by Crippen LogP contribution is 2.38. The molecule has 0 aliphatic rings. The van der Waals surface area contributed by atoms with Gasteiger partial charge in [0.05, 0.1) is 46.5 Å². The molecule has 4 aromatic rings. The maximum absolute atomic E-state index is 5.68. The van der Waals surface area contributed by atoms with Crippen LogP contribution in [0.5, 0.6) is 23.3 Å². The predicted molar refractivity (Wildman–Crippen MR) is 142 cm³/mol. The van der Waals surface area contributed by atoms with E-state index in [0.29, 0.717) is 46.4 Å². The quantitative estimate of drug-likeness (QED) is 0.282. The molecule has 37 heavy (non-hydrogen) atoms. The van der Waals surface area contributed by atoms with Crippen LogP contribution in [0.1, 0.15) is 25.5 Å². The van der Waals surface area contributed by atoms with Gasteiger partial charge in [-0.05, 0) is 30.1 Å². The fourth-order valence-electron chi connectivity index (χ4n) is 3.59. The van der Waals surface area contributed by atoms with E-state index >= 15 is 0 Å². The minimum atomic E-state index is 0.0904. The number of rotatable bonds is 11. The highest BCUT2D eigenvalue weighted by atomic mass is 32.2. The van der Waals surface area contributed by atoms with Gasteiger partial charge in [-0.3, -0.25) is 14.3 Å². The Labute approximate surface area is 219 Å². The molecule has 12 heteroatoms. The first-order valence-corrected chi connectivity index (χ1v) is 12.3. The molecule has 0 radical (unpaired) electrons. The average Bonchev–Trinajstić information content (AvgIpc) is 3.38. The SMILES string of the molecule is COc1cnc(C(C)C(C)SNc2nnc(-c3cccc(OC)n3)n2-c2c(OC)cccc2OC)cn1. The third-order valence-electron chi connectivity index (χ3n) is 5.81. The molecule has 4 rings (SSSR count). The lowest BCUT2D eigenvalue weighted by Crippen LogP contribution is -2.14. The van der Waals surface area contributed by atoms with Crippen molar-refractivity contribution >= 4 is 17.9 Å². The summed E-state index contributed by atoms with van der Waals surface area (Å²) in [6.45, 7) is 4.19. The Balaban J connectivity index is 1.71. The molecule has 2 atom stereocenters. The van der Waals surface area contributed by atoms with Gasteiger partial charge in [0.25, 0.3) is 0 Å². The smallest absolute Gasteiger partial charge is 0.239 e. The van der Waals surface area contributed by atoms with Gasteiger partial charge in [0.2, 0.25) is 17.7 Å². The van der Waals surface area contributed by atoms with Crippen molar-refractivity contribution in [3.8, 4) is 40.5 Å². The van der Waals surface area contributed by atoms with E-state index in [4.69, 9.17) is 18.9 Å². The van der Waals surface area contributed by atoms with Crippen molar-refractivity contribution in [2.75, 3.05) is 33.2 Å². The fourth-order valence-corrected chi connectivity index (χ4v) is 4.36. The zero-order valence-corrected chi connectivity index (χ0v) is 22.3. The van der Waals surface area contributed by atoms with Crippen LogP contribution < -0.4 is 23.7 Å². The van der Waals surface area contributed by atoms with Crippen LogP contribution in [-0.2, 0) is 0 Å². The van der Waals surface area contributed by atoms with Gasteiger partial charge in [0.1, 0.15) is 22.9 Å². The van der Waals surface area contributed by atoms with Crippen LogP contribution in [0.3, 0.4) is 0 Å². The van der Waals surface area contributed by atoms with Gasteiger partial charge < -0.3 is 18.9 Å². The highest BCUT2D eigenvalue weighted by molar-refractivity contribution is 8.01. The van der Waals surface area contributed by atoms with Gasteiger partial charge in [-0.1, -0.05) is 26.0 Å². The second-order valence-corrected chi connectivity index (χ2v) is 9.14. The Morgan fingerprint density at radius 1 is 0.811 bits per heavy atom. The second-order valence-electron chi connectivity index (χ2n) is 7.96. The third kappa shape index (κ3) is 5.53. The number of benzene rings is 1. The largest absolute Gasteiger partial charge is 0.494 e. The van der Waals surface area contributed by atoms with Gasteiger partial charge >= 0.3 is 0 Å². The molecular weight excluding hydrogens is 494 g/mol. The summed E-state index contributed by atoms with van der Waals surface area (Å²) in [5.74, 6) is 3.18. The molecular formula is C25H29N7O4S. The van der Waals surface area contributed by atoms with Crippen molar-refractivity contribution in [2.45, 2.75) is 25.0 Å². The van der Waals surface area contributed by atoms with Crippen LogP contribution in [0.4, 0.5) is 5.95 Å². The minimum absolute atomic E-state index is 0.0904. The van der Waals surface area contributed by atoms with Crippen LogP contribution in [0.25, 0.3) is 17.2 Å². The number of nitrogens with one attached hydrogen (secondary N) is 1. The Bertz CT molecular complexity index is 1310. The molecule has 1 N–H and O–H groups in total. The van der Waals surface area contributed by atoms with Crippen molar-refractivity contribution in [1.29, 1.82) is 0 Å². The first-order valence-electron chi connectivity index (χ1n) is 11.5. The van der Waals surface area contributed by atoms with Crippen molar-refractivity contribution in [1.82, 2.24) is 29.7 Å². The van der Waals surface area contributed by atoms with Crippen LogP contribution in [0.15, 0.2) is 48.8 Å². The van der Waals surface area contributed by atoms with Crippen molar-refractivity contribution in [3.63, 3.8) is 0 Å². The molecule has 0 saturated carbocycles. The summed E-state index contributed by atoms with van der Waals surface area (Å²) in [5, 5.41) is 9.01. The molecule has 0 amide bonds. The predicted octanol–water partition coefficient (Wildman–Crippen LogP) is 4.41. The summed E-state index contributed by atoms with van der Waals surface area (Å²) in [6, 6.07) is 11.0. The summed E-state index contributed by atoms with van der Waals surface area (Å²) in [6.07, 6.45) is 3.35. The molecule has 0 spiro atoms. The number of para-hydroxylation sites is 1. The topological polar surface area (TPSA) is 118 Å². The monoisotopic (exact) mass is 523 g/mol. The lowest BCUT2D eigenvalue weighted by Gasteiger charge is -2.20. The second kappa shape index (κ2) is 11.8. The number of ether oxygens (including phenoxy) is 4. The Kier molecular flexibility index (Phi) is 8.29. The minimum Gasteiger partial charge on any atom is -0.494 e. The summed E-state index contributed by atoms with van der Waals surface area (Å²) in [7, 11) is 6.35. The maximum atomic E-state index is 5.68. The number of nitrogens with zero attached hydrogens (tertiary/aromatic N) is 6. The van der Waals surface area contributed by atoms with E-state index in [1.54, 1.807) is 46.9 Å². The van der Waals surface area contributed by atoms with Crippen LogP contribution in [0.2, 0.25) is 0 Å². The first-order chi connectivity index (χ1) is 18.0. The summed E-state index contributed by atoms with van der Waals surface area (Å²) in [5.41, 5.74) is 2.08. The van der Waals surface area contributed by atoms with Crippen molar-refractivity contribution in [3.05, 3.63) is 54.5 Å². The molecule has 0 saturated heterocycles. The average molecular weight is 524 g/mol. The lowest BCUT2D eigenvalue weighted by atomic mass is 10.1. The number of hydrogen-bond acceptors (Lipinski definition) is 11. The number of pyridine rings is 1. The fraction of sp³-hybridized carbons (Fsp3) is 0.320. The molecule has 2 unspecified atom stereocenters. The summed E-state index contributed by atoms with van der Waals surface area (Å²) >= 11 is 1.50. The van der Waals surface area contributed by atoms with Gasteiger partial charge in [-0.15, -0.1) is 10.2 Å². The van der Waals surface area contributed by atoms with Gasteiger partial charge in [0.15, 0.2) is 5.82 Å². The molecule has 11 nitrogen and oxygen atoms in total. The standard InChI is InChI=1S/C25H29N7O4S/c1-15(18-13-27-22(36-6)14-26-18)16(2)37-31-25-30-29-24(17-9-7-12-21(28-17)35-5)32(25)23-19(33-3)10-8-11-20(23)34-4/h7-16H,1-6H3,(H,30,31). The first kappa shape index (κ1) is 26.0. The van der Waals surface area contributed by atoms with Crippen molar-refractivity contribution in [2.24, 2.45) is 0 Å². The summed E-state index contributed by atoms with van der Waals surface area (Å²) in [4.78, 5) is 13.3. The number of anilines is 1. The van der Waals surface area contributed by atoms with Crippen LogP contribution in [-0.4, -0.2) is 63.4 Å². The lowest BCUT2D eigenvalue weighted by molar-refractivity contribution is 0.391. The van der Waals surface area contributed by atoms with Crippen LogP contribution >= 0.6 is 11.9 Å². The molecule has 0 fully saturated rings. The third-order valence-corrected chi connectivity index (χ3v) is 6.89.